The highest BCUT2D eigenvalue weighted by Crippen LogP contribution is 2.31. The van der Waals surface area contributed by atoms with Crippen LogP contribution in [-0.2, 0) is 25.4 Å². The monoisotopic (exact) mass is 677 g/mol. The van der Waals surface area contributed by atoms with Gasteiger partial charge in [-0.3, -0.25) is 4.79 Å². The van der Waals surface area contributed by atoms with Crippen LogP contribution in [0.4, 0.5) is 9.59 Å². The first-order valence-electron chi connectivity index (χ1n) is 16.6. The van der Waals surface area contributed by atoms with Crippen LogP contribution in [0.2, 0.25) is 0 Å². The van der Waals surface area contributed by atoms with Crippen molar-refractivity contribution < 1.29 is 48.2 Å². The molecule has 1 aromatic rings. The highest BCUT2D eigenvalue weighted by Gasteiger charge is 2.34. The van der Waals surface area contributed by atoms with Gasteiger partial charge in [-0.1, -0.05) is 12.1 Å². The summed E-state index contributed by atoms with van der Waals surface area (Å²) in [5.41, 5.74) is -1.36. The van der Waals surface area contributed by atoms with E-state index in [9.17, 15) is 29.2 Å². The number of carbonyl (C=O) groups excluding carboxylic acids is 4. The topological polar surface area (TPSA) is 173 Å². The molecule has 0 aliphatic heterocycles. The third-order valence-corrected chi connectivity index (χ3v) is 7.45. The Labute approximate surface area is 285 Å². The Morgan fingerprint density at radius 1 is 0.896 bits per heavy atom. The Balaban J connectivity index is 2.03. The second kappa shape index (κ2) is 17.2. The maximum Gasteiger partial charge on any atom is 0.475 e. The first-order valence-corrected chi connectivity index (χ1v) is 16.6. The molecule has 0 bridgehead atoms. The maximum absolute atomic E-state index is 13.1. The Hall–Kier alpha value is -3.52. The number of methoxy groups -OCH3 is 1. The maximum atomic E-state index is 13.1. The number of benzene rings is 1. The van der Waals surface area contributed by atoms with Crippen molar-refractivity contribution in [2.45, 2.75) is 130 Å². The SMILES string of the molecule is COc1c(C[C@@H](NC(=O)C[C@H]2CC[C@H](N(CCNC(=O)OC(C)(C)C)C(=O)OC(C)(C)C)CC2)B(O)O)cccc1C(=O)OC(C)(C)C. The molecule has 0 saturated heterocycles. The van der Waals surface area contributed by atoms with Gasteiger partial charge in [0, 0.05) is 25.6 Å². The number of carbonyl (C=O) groups is 4. The van der Waals surface area contributed by atoms with Gasteiger partial charge in [-0.2, -0.15) is 0 Å². The lowest BCUT2D eigenvalue weighted by Gasteiger charge is -2.37. The van der Waals surface area contributed by atoms with Crippen LogP contribution in [0.1, 0.15) is 110 Å². The first-order chi connectivity index (χ1) is 22.1. The molecule has 0 unspecified atom stereocenters. The second-order valence-electron chi connectivity index (χ2n) is 15.3. The number of nitrogens with zero attached hydrogens (tertiary/aromatic N) is 1. The highest BCUT2D eigenvalue weighted by atomic mass is 16.6. The van der Waals surface area contributed by atoms with Crippen molar-refractivity contribution in [3.63, 3.8) is 0 Å². The van der Waals surface area contributed by atoms with E-state index in [-0.39, 0.29) is 55.1 Å². The van der Waals surface area contributed by atoms with Crippen LogP contribution in [0.25, 0.3) is 0 Å². The van der Waals surface area contributed by atoms with E-state index in [0.717, 1.165) is 0 Å². The third kappa shape index (κ3) is 14.3. The van der Waals surface area contributed by atoms with E-state index in [1.165, 1.54) is 7.11 Å². The summed E-state index contributed by atoms with van der Waals surface area (Å²) in [6.07, 6.45) is 1.71. The molecule has 0 radical (unpaired) electrons. The Morgan fingerprint density at radius 3 is 2.00 bits per heavy atom. The van der Waals surface area contributed by atoms with Gasteiger partial charge in [0.1, 0.15) is 28.1 Å². The molecular formula is C34H56BN3O10. The number of amides is 3. The number of nitrogens with one attached hydrogen (secondary N) is 2. The normalized spacial score (nSPS) is 17.4. The molecular weight excluding hydrogens is 621 g/mol. The number of para-hydroxylation sites is 1. The standard InChI is InChI=1S/C34H56BN3O10/c1-32(2,3)46-29(40)25-13-11-12-23(28(25)45-10)21-26(35(43)44)37-27(39)20-22-14-16-24(17-15-22)38(31(42)48-34(7,8)9)19-18-36-30(41)47-33(4,5)6/h11-13,22,24,26,43-44H,14-21H2,1-10H3,(H,36,41)(H,37,39)/t22-,24-,26-/m1/s1. The van der Waals surface area contributed by atoms with Crippen LogP contribution in [0, 0.1) is 5.92 Å². The molecule has 4 N–H and O–H groups in total. The fraction of sp³-hybridized carbons (Fsp3) is 0.706. The highest BCUT2D eigenvalue weighted by molar-refractivity contribution is 6.43. The lowest BCUT2D eigenvalue weighted by Crippen LogP contribution is -2.49. The molecule has 1 aliphatic rings. The fourth-order valence-electron chi connectivity index (χ4n) is 5.47. The molecule has 3 amide bonds. The lowest BCUT2D eigenvalue weighted by atomic mass is 9.75. The molecule has 0 spiro atoms. The molecule has 48 heavy (non-hydrogen) atoms. The van der Waals surface area contributed by atoms with Crippen molar-refractivity contribution in [2.24, 2.45) is 5.92 Å². The van der Waals surface area contributed by atoms with Gasteiger partial charge in [-0.15, -0.1) is 0 Å². The average molecular weight is 678 g/mol. The summed E-state index contributed by atoms with van der Waals surface area (Å²) >= 11 is 0. The molecule has 14 heteroatoms. The molecule has 0 heterocycles. The summed E-state index contributed by atoms with van der Waals surface area (Å²) in [6, 6.07) is 4.76. The van der Waals surface area contributed by atoms with E-state index in [4.69, 9.17) is 18.9 Å². The van der Waals surface area contributed by atoms with Gasteiger partial charge >= 0.3 is 25.3 Å². The van der Waals surface area contributed by atoms with Gasteiger partial charge in [0.2, 0.25) is 5.91 Å². The minimum absolute atomic E-state index is 0.00185. The summed E-state index contributed by atoms with van der Waals surface area (Å²) in [4.78, 5) is 52.8. The predicted octanol–water partition coefficient (Wildman–Crippen LogP) is 4.40. The molecule has 1 aromatic carbocycles. The van der Waals surface area contributed by atoms with Gasteiger partial charge in [-0.05, 0) is 112 Å². The molecule has 1 atom stereocenters. The molecule has 0 aromatic heterocycles. The van der Waals surface area contributed by atoms with E-state index < -0.39 is 48.0 Å². The summed E-state index contributed by atoms with van der Waals surface area (Å²) in [7, 11) is -0.454. The molecule has 1 aliphatic carbocycles. The summed E-state index contributed by atoms with van der Waals surface area (Å²) < 4.78 is 21.9. The first kappa shape index (κ1) is 40.7. The zero-order chi connectivity index (χ0) is 36.4. The number of hydrogen-bond acceptors (Lipinski definition) is 10. The Bertz CT molecular complexity index is 1250. The van der Waals surface area contributed by atoms with E-state index in [2.05, 4.69) is 10.6 Å². The number of rotatable bonds is 12. The molecule has 13 nitrogen and oxygen atoms in total. The number of hydrogen-bond donors (Lipinski definition) is 4. The molecule has 2 rings (SSSR count). The number of ether oxygens (including phenoxy) is 4. The van der Waals surface area contributed by atoms with Gasteiger partial charge in [0.05, 0.1) is 13.1 Å². The zero-order valence-electron chi connectivity index (χ0n) is 30.3. The van der Waals surface area contributed by atoms with E-state index in [1.54, 1.807) is 85.4 Å². The van der Waals surface area contributed by atoms with Crippen molar-refractivity contribution in [1.82, 2.24) is 15.5 Å². The minimum Gasteiger partial charge on any atom is -0.496 e. The molecule has 1 fully saturated rings. The predicted molar refractivity (Wildman–Crippen MR) is 182 cm³/mol. The van der Waals surface area contributed by atoms with Gasteiger partial charge in [0.25, 0.3) is 0 Å². The van der Waals surface area contributed by atoms with Crippen LogP contribution in [0.15, 0.2) is 18.2 Å². The minimum atomic E-state index is -1.86. The number of alkyl carbamates (subject to hydrolysis) is 1. The Kier molecular flexibility index (Phi) is 14.6. The second-order valence-corrected chi connectivity index (χ2v) is 15.3. The lowest BCUT2D eigenvalue weighted by molar-refractivity contribution is -0.122. The summed E-state index contributed by atoms with van der Waals surface area (Å²) in [6.45, 7) is 16.4. The quantitative estimate of drug-likeness (QED) is 0.141. The van der Waals surface area contributed by atoms with Crippen LogP contribution >= 0.6 is 0 Å². The van der Waals surface area contributed by atoms with Crippen molar-refractivity contribution in [2.75, 3.05) is 20.2 Å². The zero-order valence-corrected chi connectivity index (χ0v) is 30.3. The third-order valence-electron chi connectivity index (χ3n) is 7.45. The van der Waals surface area contributed by atoms with Gasteiger partial charge in [-0.25, -0.2) is 14.4 Å². The Morgan fingerprint density at radius 2 is 1.48 bits per heavy atom. The van der Waals surface area contributed by atoms with Crippen LogP contribution in [0.5, 0.6) is 5.75 Å². The largest absolute Gasteiger partial charge is 0.496 e. The van der Waals surface area contributed by atoms with Gasteiger partial charge in [0.15, 0.2) is 0 Å². The molecule has 270 valence electrons. The van der Waals surface area contributed by atoms with E-state index in [0.29, 0.717) is 31.2 Å². The fourth-order valence-corrected chi connectivity index (χ4v) is 5.47. The number of esters is 1. The van der Waals surface area contributed by atoms with Crippen molar-refractivity contribution in [3.05, 3.63) is 29.3 Å². The van der Waals surface area contributed by atoms with Crippen LogP contribution in [-0.4, -0.2) is 95.1 Å². The summed E-state index contributed by atoms with van der Waals surface area (Å²) in [5.74, 6) is -1.73. The van der Waals surface area contributed by atoms with Crippen LogP contribution in [0.3, 0.4) is 0 Å². The summed E-state index contributed by atoms with van der Waals surface area (Å²) in [5, 5.41) is 25.7. The molecule has 1 saturated carbocycles. The van der Waals surface area contributed by atoms with Crippen molar-refractivity contribution in [1.29, 1.82) is 0 Å². The van der Waals surface area contributed by atoms with Crippen molar-refractivity contribution >= 4 is 31.2 Å². The van der Waals surface area contributed by atoms with E-state index in [1.807, 2.05) is 0 Å². The average Bonchev–Trinajstić information content (AvgIpc) is 2.92. The van der Waals surface area contributed by atoms with Crippen LogP contribution < -0.4 is 15.4 Å². The van der Waals surface area contributed by atoms with Crippen molar-refractivity contribution in [3.8, 4) is 5.75 Å². The van der Waals surface area contributed by atoms with Gasteiger partial charge < -0.3 is 44.5 Å². The smallest absolute Gasteiger partial charge is 0.475 e. The van der Waals surface area contributed by atoms with E-state index >= 15 is 0 Å².